The lowest BCUT2D eigenvalue weighted by atomic mass is 9.91. The fraction of sp³-hybridized carbons (Fsp3) is 0.571. The van der Waals surface area contributed by atoms with E-state index in [1.54, 1.807) is 0 Å². The summed E-state index contributed by atoms with van der Waals surface area (Å²) in [4.78, 5) is 0. The molecule has 1 aromatic rings. The van der Waals surface area contributed by atoms with E-state index < -0.39 is 5.60 Å². The number of rotatable bonds is 1. The van der Waals surface area contributed by atoms with Crippen molar-refractivity contribution in [3.8, 4) is 11.5 Å². The summed E-state index contributed by atoms with van der Waals surface area (Å²) in [5.41, 5.74) is 4.09. The molecule has 1 aliphatic carbocycles. The first-order chi connectivity index (χ1) is 8.21. The summed E-state index contributed by atoms with van der Waals surface area (Å²) in [6.07, 6.45) is 3.57. The van der Waals surface area contributed by atoms with Crippen LogP contribution in [-0.4, -0.2) is 18.3 Å². The van der Waals surface area contributed by atoms with Gasteiger partial charge in [-0.1, -0.05) is 0 Å². The predicted molar refractivity (Wildman–Crippen MR) is 62.7 cm³/mol. The van der Waals surface area contributed by atoms with Crippen molar-refractivity contribution in [1.29, 1.82) is 0 Å². The Morgan fingerprint density at radius 3 is 2.35 bits per heavy atom. The SMILES string of the molecule is Cc1c2c(c(C3(O)CC3)c3c1OCC3)OCC2. The number of hydrogen-bond donors (Lipinski definition) is 1. The zero-order valence-electron chi connectivity index (χ0n) is 10.0. The van der Waals surface area contributed by atoms with E-state index in [1.807, 2.05) is 0 Å². The number of fused-ring (bicyclic) bond motifs is 2. The van der Waals surface area contributed by atoms with Gasteiger partial charge in [-0.05, 0) is 25.3 Å². The average Bonchev–Trinajstić information content (AvgIpc) is 2.79. The third-order valence-corrected chi connectivity index (χ3v) is 4.26. The first kappa shape index (κ1) is 9.77. The molecule has 2 heterocycles. The molecule has 1 N–H and O–H groups in total. The van der Waals surface area contributed by atoms with Crippen LogP contribution in [0.2, 0.25) is 0 Å². The van der Waals surface area contributed by atoms with Crippen LogP contribution in [0, 0.1) is 6.92 Å². The van der Waals surface area contributed by atoms with Gasteiger partial charge in [-0.25, -0.2) is 0 Å². The molecule has 0 radical (unpaired) electrons. The maximum Gasteiger partial charge on any atom is 0.129 e. The molecule has 3 nitrogen and oxygen atoms in total. The maximum atomic E-state index is 10.5. The van der Waals surface area contributed by atoms with Crippen molar-refractivity contribution in [2.75, 3.05) is 13.2 Å². The van der Waals surface area contributed by atoms with E-state index in [-0.39, 0.29) is 0 Å². The van der Waals surface area contributed by atoms with Gasteiger partial charge in [0.05, 0.1) is 18.8 Å². The Morgan fingerprint density at radius 2 is 1.65 bits per heavy atom. The van der Waals surface area contributed by atoms with Crippen molar-refractivity contribution in [1.82, 2.24) is 0 Å². The van der Waals surface area contributed by atoms with E-state index >= 15 is 0 Å². The highest BCUT2D eigenvalue weighted by atomic mass is 16.5. The van der Waals surface area contributed by atoms with Gasteiger partial charge in [0.1, 0.15) is 11.5 Å². The minimum absolute atomic E-state index is 0.625. The molecular formula is C14H16O3. The molecular weight excluding hydrogens is 216 g/mol. The van der Waals surface area contributed by atoms with Gasteiger partial charge >= 0.3 is 0 Å². The molecule has 0 saturated heterocycles. The summed E-state index contributed by atoms with van der Waals surface area (Å²) in [6, 6.07) is 0. The van der Waals surface area contributed by atoms with Crippen molar-refractivity contribution in [2.24, 2.45) is 0 Å². The highest BCUT2D eigenvalue weighted by molar-refractivity contribution is 5.64. The average molecular weight is 232 g/mol. The van der Waals surface area contributed by atoms with Gasteiger partial charge in [-0.3, -0.25) is 0 Å². The molecule has 2 aliphatic heterocycles. The van der Waals surface area contributed by atoms with Gasteiger partial charge in [0.2, 0.25) is 0 Å². The van der Waals surface area contributed by atoms with Crippen molar-refractivity contribution in [2.45, 2.75) is 38.2 Å². The summed E-state index contributed by atoms with van der Waals surface area (Å²) in [6.45, 7) is 3.59. The van der Waals surface area contributed by atoms with Crippen LogP contribution in [0.25, 0.3) is 0 Å². The minimum Gasteiger partial charge on any atom is -0.493 e. The molecule has 3 heteroatoms. The Hall–Kier alpha value is -1.22. The van der Waals surface area contributed by atoms with E-state index in [4.69, 9.17) is 9.47 Å². The lowest BCUT2D eigenvalue weighted by molar-refractivity contribution is 0.146. The van der Waals surface area contributed by atoms with Crippen LogP contribution in [-0.2, 0) is 18.4 Å². The van der Waals surface area contributed by atoms with E-state index in [1.165, 1.54) is 16.7 Å². The Labute approximate surface area is 100 Å². The number of hydrogen-bond acceptors (Lipinski definition) is 3. The smallest absolute Gasteiger partial charge is 0.129 e. The third-order valence-electron chi connectivity index (χ3n) is 4.26. The zero-order valence-corrected chi connectivity index (χ0v) is 10.0. The van der Waals surface area contributed by atoms with E-state index in [2.05, 4.69) is 6.92 Å². The quantitative estimate of drug-likeness (QED) is 0.803. The second-order valence-electron chi connectivity index (χ2n) is 5.34. The highest BCUT2D eigenvalue weighted by Crippen LogP contribution is 2.56. The Morgan fingerprint density at radius 1 is 1.00 bits per heavy atom. The summed E-state index contributed by atoms with van der Waals surface area (Å²) >= 11 is 0. The summed E-state index contributed by atoms with van der Waals surface area (Å²) in [5.74, 6) is 1.98. The first-order valence-corrected chi connectivity index (χ1v) is 6.37. The fourth-order valence-corrected chi connectivity index (χ4v) is 3.20. The van der Waals surface area contributed by atoms with E-state index in [9.17, 15) is 5.11 Å². The van der Waals surface area contributed by atoms with Gasteiger partial charge in [0.25, 0.3) is 0 Å². The topological polar surface area (TPSA) is 38.7 Å². The van der Waals surface area contributed by atoms with Crippen LogP contribution in [0.15, 0.2) is 0 Å². The molecule has 0 amide bonds. The lowest BCUT2D eigenvalue weighted by Gasteiger charge is -2.19. The summed E-state index contributed by atoms with van der Waals surface area (Å²) < 4.78 is 11.5. The number of ether oxygens (including phenoxy) is 2. The molecule has 4 rings (SSSR count). The normalized spacial score (nSPS) is 22.7. The van der Waals surface area contributed by atoms with Crippen LogP contribution < -0.4 is 9.47 Å². The molecule has 17 heavy (non-hydrogen) atoms. The van der Waals surface area contributed by atoms with Gasteiger partial charge in [0, 0.05) is 29.5 Å². The van der Waals surface area contributed by atoms with Crippen LogP contribution >= 0.6 is 0 Å². The first-order valence-electron chi connectivity index (χ1n) is 6.37. The molecule has 1 aromatic carbocycles. The standard InChI is InChI=1S/C14H16O3/c1-8-9-2-6-17-13(9)11(14(15)4-5-14)10-3-7-16-12(8)10/h15H,2-7H2,1H3. The maximum absolute atomic E-state index is 10.5. The van der Waals surface area contributed by atoms with Gasteiger partial charge in [-0.15, -0.1) is 0 Å². The van der Waals surface area contributed by atoms with Gasteiger partial charge in [-0.2, -0.15) is 0 Å². The summed E-state index contributed by atoms with van der Waals surface area (Å²) in [7, 11) is 0. The van der Waals surface area contributed by atoms with E-state index in [0.29, 0.717) is 0 Å². The Kier molecular flexibility index (Phi) is 1.70. The second kappa shape index (κ2) is 2.96. The number of aliphatic hydroxyl groups is 1. The Bertz CT molecular complexity index is 480. The molecule has 1 fully saturated rings. The van der Waals surface area contributed by atoms with Crippen molar-refractivity contribution in [3.63, 3.8) is 0 Å². The third kappa shape index (κ3) is 1.15. The second-order valence-corrected chi connectivity index (χ2v) is 5.34. The highest BCUT2D eigenvalue weighted by Gasteiger charge is 2.48. The zero-order chi connectivity index (χ0) is 11.6. The number of benzene rings is 1. The molecule has 0 unspecified atom stereocenters. The van der Waals surface area contributed by atoms with Crippen LogP contribution in [0.4, 0.5) is 0 Å². The molecule has 3 aliphatic rings. The van der Waals surface area contributed by atoms with E-state index in [0.717, 1.165) is 56.0 Å². The van der Waals surface area contributed by atoms with Crippen LogP contribution in [0.3, 0.4) is 0 Å². The molecule has 1 saturated carbocycles. The molecule has 0 spiro atoms. The van der Waals surface area contributed by atoms with Gasteiger partial charge < -0.3 is 14.6 Å². The minimum atomic E-state index is -0.625. The summed E-state index contributed by atoms with van der Waals surface area (Å²) in [5, 5.41) is 10.5. The van der Waals surface area contributed by atoms with Crippen LogP contribution in [0.5, 0.6) is 11.5 Å². The van der Waals surface area contributed by atoms with Crippen molar-refractivity contribution < 1.29 is 14.6 Å². The monoisotopic (exact) mass is 232 g/mol. The predicted octanol–water partition coefficient (Wildman–Crippen LogP) is 1.85. The van der Waals surface area contributed by atoms with Crippen molar-refractivity contribution >= 4 is 0 Å². The lowest BCUT2D eigenvalue weighted by Crippen LogP contribution is -2.10. The fourth-order valence-electron chi connectivity index (χ4n) is 3.20. The molecule has 90 valence electrons. The Balaban J connectivity index is 2.05. The van der Waals surface area contributed by atoms with Gasteiger partial charge in [0.15, 0.2) is 0 Å². The van der Waals surface area contributed by atoms with Crippen LogP contribution in [0.1, 0.15) is 35.1 Å². The van der Waals surface area contributed by atoms with Crippen molar-refractivity contribution in [3.05, 3.63) is 22.3 Å². The molecule has 0 bridgehead atoms. The molecule has 0 atom stereocenters. The largest absolute Gasteiger partial charge is 0.493 e. The molecule has 0 aromatic heterocycles.